The molecule has 3 aliphatic rings. The first-order chi connectivity index (χ1) is 12.9. The van der Waals surface area contributed by atoms with Crippen LogP contribution in [0.5, 0.6) is 0 Å². The van der Waals surface area contributed by atoms with Gasteiger partial charge in [0.15, 0.2) is 17.0 Å². The fraction of sp³-hybridized carbons (Fsp3) is 0.750. The summed E-state index contributed by atoms with van der Waals surface area (Å²) in [5, 5.41) is 0. The van der Waals surface area contributed by atoms with E-state index in [9.17, 15) is 0 Å². The van der Waals surface area contributed by atoms with Crippen LogP contribution < -0.4 is 4.90 Å². The molecular formula is C20H30N6. The molecule has 0 radical (unpaired) electrons. The van der Waals surface area contributed by atoms with E-state index in [-0.39, 0.29) is 0 Å². The van der Waals surface area contributed by atoms with Crippen LogP contribution in [0.3, 0.4) is 0 Å². The van der Waals surface area contributed by atoms with Gasteiger partial charge in [-0.05, 0) is 25.7 Å². The molecule has 0 N–H and O–H groups in total. The maximum Gasteiger partial charge on any atom is 0.165 e. The van der Waals surface area contributed by atoms with Crippen LogP contribution in [0.2, 0.25) is 0 Å². The smallest absolute Gasteiger partial charge is 0.165 e. The third-order valence-corrected chi connectivity index (χ3v) is 6.58. The summed E-state index contributed by atoms with van der Waals surface area (Å²) in [6.07, 6.45) is 13.6. The number of piperazine rings is 1. The van der Waals surface area contributed by atoms with Gasteiger partial charge in [0.1, 0.15) is 12.2 Å². The van der Waals surface area contributed by atoms with E-state index < -0.39 is 0 Å². The Hall–Kier alpha value is -1.69. The van der Waals surface area contributed by atoms with E-state index in [0.29, 0.717) is 0 Å². The molecule has 0 unspecified atom stereocenters. The largest absolute Gasteiger partial charge is 0.352 e. The molecule has 26 heavy (non-hydrogen) atoms. The van der Waals surface area contributed by atoms with Gasteiger partial charge >= 0.3 is 0 Å². The first-order valence-electron chi connectivity index (χ1n) is 10.6. The Labute approximate surface area is 155 Å². The maximum absolute atomic E-state index is 4.98. The van der Waals surface area contributed by atoms with Crippen molar-refractivity contribution in [2.75, 3.05) is 31.1 Å². The average molecular weight is 355 g/mol. The molecule has 2 aromatic rings. The summed E-state index contributed by atoms with van der Waals surface area (Å²) in [4.78, 5) is 19.4. The second kappa shape index (κ2) is 7.14. The van der Waals surface area contributed by atoms with E-state index in [2.05, 4.69) is 24.3 Å². The predicted molar refractivity (Wildman–Crippen MR) is 104 cm³/mol. The number of anilines is 1. The molecule has 2 aromatic heterocycles. The number of hydrogen-bond donors (Lipinski definition) is 0. The molecule has 140 valence electrons. The van der Waals surface area contributed by atoms with Gasteiger partial charge in [0.2, 0.25) is 0 Å². The van der Waals surface area contributed by atoms with Crippen molar-refractivity contribution in [2.24, 2.45) is 0 Å². The van der Waals surface area contributed by atoms with Crippen molar-refractivity contribution < 1.29 is 0 Å². The number of aromatic nitrogens is 4. The lowest BCUT2D eigenvalue weighted by atomic mass is 9.94. The number of fused-ring (bicyclic) bond motifs is 3. The first kappa shape index (κ1) is 16.5. The lowest BCUT2D eigenvalue weighted by molar-refractivity contribution is 0.148. The molecule has 6 nitrogen and oxygen atoms in total. The van der Waals surface area contributed by atoms with Crippen LogP contribution >= 0.6 is 0 Å². The molecule has 0 spiro atoms. The van der Waals surface area contributed by atoms with E-state index in [0.717, 1.165) is 62.2 Å². The summed E-state index contributed by atoms with van der Waals surface area (Å²) in [6.45, 7) is 5.49. The highest BCUT2D eigenvalue weighted by atomic mass is 15.3. The number of nitrogens with zero attached hydrogens (tertiary/aromatic N) is 6. The molecule has 0 atom stereocenters. The minimum Gasteiger partial charge on any atom is -0.352 e. The van der Waals surface area contributed by atoms with E-state index in [1.807, 2.05) is 0 Å². The van der Waals surface area contributed by atoms with Crippen molar-refractivity contribution in [3.63, 3.8) is 0 Å². The minimum atomic E-state index is 0.819. The number of aryl methyl sites for hydroxylation is 2. The fourth-order valence-corrected chi connectivity index (χ4v) is 5.10. The normalized spacial score (nSPS) is 23.2. The van der Waals surface area contributed by atoms with Crippen LogP contribution in [0, 0.1) is 0 Å². The van der Waals surface area contributed by atoms with Gasteiger partial charge in [-0.15, -0.1) is 0 Å². The summed E-state index contributed by atoms with van der Waals surface area (Å²) in [6, 6.07) is 0.819. The third kappa shape index (κ3) is 2.98. The zero-order valence-corrected chi connectivity index (χ0v) is 15.7. The molecule has 5 rings (SSSR count). The Kier molecular flexibility index (Phi) is 4.53. The Morgan fingerprint density at radius 3 is 2.46 bits per heavy atom. The number of hydrogen-bond acceptors (Lipinski definition) is 5. The molecule has 2 fully saturated rings. The van der Waals surface area contributed by atoms with Crippen LogP contribution in [-0.4, -0.2) is 56.6 Å². The summed E-state index contributed by atoms with van der Waals surface area (Å²) >= 11 is 0. The predicted octanol–water partition coefficient (Wildman–Crippen LogP) is 3.01. The molecule has 4 heterocycles. The van der Waals surface area contributed by atoms with Crippen LogP contribution in [0.1, 0.15) is 57.2 Å². The zero-order chi connectivity index (χ0) is 17.3. The summed E-state index contributed by atoms with van der Waals surface area (Å²) in [7, 11) is 0. The third-order valence-electron chi connectivity index (χ3n) is 6.58. The van der Waals surface area contributed by atoms with Crippen molar-refractivity contribution in [1.82, 2.24) is 24.4 Å². The molecule has 1 saturated heterocycles. The Morgan fingerprint density at radius 2 is 1.62 bits per heavy atom. The topological polar surface area (TPSA) is 50.1 Å². The summed E-state index contributed by atoms with van der Waals surface area (Å²) < 4.78 is 2.34. The van der Waals surface area contributed by atoms with Crippen molar-refractivity contribution in [3.8, 4) is 0 Å². The standard InChI is InChI=1S/C20H30N6/c1-3-7-16(8-4-1)24-11-13-25(14-12-24)19-18-20(22-15-21-19)26-10-6-2-5-9-17(26)23-18/h15-16H,1-14H2. The van der Waals surface area contributed by atoms with Gasteiger partial charge in [0.05, 0.1) is 0 Å². The van der Waals surface area contributed by atoms with E-state index in [4.69, 9.17) is 4.98 Å². The molecular weight excluding hydrogens is 324 g/mol. The molecule has 0 bridgehead atoms. The average Bonchev–Trinajstić information content (AvgIpc) is 2.90. The van der Waals surface area contributed by atoms with Crippen molar-refractivity contribution in [2.45, 2.75) is 70.4 Å². The highest BCUT2D eigenvalue weighted by Gasteiger charge is 2.27. The van der Waals surface area contributed by atoms with Gasteiger partial charge in [-0.2, -0.15) is 0 Å². The van der Waals surface area contributed by atoms with Gasteiger partial charge < -0.3 is 9.47 Å². The van der Waals surface area contributed by atoms with Crippen LogP contribution in [0.15, 0.2) is 6.33 Å². The monoisotopic (exact) mass is 354 g/mol. The maximum atomic E-state index is 4.98. The number of imidazole rings is 1. The molecule has 1 aliphatic carbocycles. The van der Waals surface area contributed by atoms with Crippen molar-refractivity contribution in [3.05, 3.63) is 12.2 Å². The fourth-order valence-electron chi connectivity index (χ4n) is 5.10. The van der Waals surface area contributed by atoms with E-state index in [1.165, 1.54) is 57.2 Å². The SMILES string of the molecule is c1nc(N2CCN(C3CCCCC3)CC2)c2nc3n(c2n1)CCCCC3. The van der Waals surface area contributed by atoms with Crippen LogP contribution in [0.4, 0.5) is 5.82 Å². The molecule has 2 aliphatic heterocycles. The number of rotatable bonds is 2. The second-order valence-corrected chi connectivity index (χ2v) is 8.17. The van der Waals surface area contributed by atoms with Gasteiger partial charge in [0, 0.05) is 45.2 Å². The van der Waals surface area contributed by atoms with Crippen molar-refractivity contribution in [1.29, 1.82) is 0 Å². The lowest BCUT2D eigenvalue weighted by Gasteiger charge is -2.41. The highest BCUT2D eigenvalue weighted by Crippen LogP contribution is 2.28. The quantitative estimate of drug-likeness (QED) is 0.830. The first-order valence-corrected chi connectivity index (χ1v) is 10.6. The van der Waals surface area contributed by atoms with Gasteiger partial charge in [-0.1, -0.05) is 25.7 Å². The highest BCUT2D eigenvalue weighted by molar-refractivity contribution is 5.84. The van der Waals surface area contributed by atoms with Gasteiger partial charge in [0.25, 0.3) is 0 Å². The zero-order valence-electron chi connectivity index (χ0n) is 15.7. The lowest BCUT2D eigenvalue weighted by Crippen LogP contribution is -2.51. The summed E-state index contributed by atoms with van der Waals surface area (Å²) in [5.41, 5.74) is 2.07. The van der Waals surface area contributed by atoms with E-state index in [1.54, 1.807) is 6.33 Å². The summed E-state index contributed by atoms with van der Waals surface area (Å²) in [5.74, 6) is 2.26. The van der Waals surface area contributed by atoms with Crippen LogP contribution in [0.25, 0.3) is 11.2 Å². The van der Waals surface area contributed by atoms with E-state index >= 15 is 0 Å². The van der Waals surface area contributed by atoms with Gasteiger partial charge in [-0.25, -0.2) is 15.0 Å². The Balaban J connectivity index is 1.36. The molecule has 1 saturated carbocycles. The van der Waals surface area contributed by atoms with Crippen LogP contribution in [-0.2, 0) is 13.0 Å². The second-order valence-electron chi connectivity index (χ2n) is 8.17. The molecule has 6 heteroatoms. The Bertz CT molecular complexity index is 755. The van der Waals surface area contributed by atoms with Gasteiger partial charge in [-0.3, -0.25) is 4.90 Å². The Morgan fingerprint density at radius 1 is 0.808 bits per heavy atom. The van der Waals surface area contributed by atoms with Crippen molar-refractivity contribution >= 4 is 17.0 Å². The minimum absolute atomic E-state index is 0.819. The molecule has 0 aromatic carbocycles. The molecule has 0 amide bonds.